The van der Waals surface area contributed by atoms with E-state index >= 15 is 0 Å². The van der Waals surface area contributed by atoms with Crippen LogP contribution in [0.25, 0.3) is 28.4 Å². The summed E-state index contributed by atoms with van der Waals surface area (Å²) in [7, 11) is -3.52. The highest BCUT2D eigenvalue weighted by molar-refractivity contribution is 7.90. The van der Waals surface area contributed by atoms with Crippen LogP contribution in [0.2, 0.25) is 0 Å². The molecule has 4 heterocycles. The van der Waals surface area contributed by atoms with Crippen molar-refractivity contribution in [1.29, 1.82) is 0 Å². The Morgan fingerprint density at radius 1 is 1.16 bits per heavy atom. The van der Waals surface area contributed by atoms with E-state index in [4.69, 9.17) is 0 Å². The molecule has 0 saturated heterocycles. The number of aromatic amines is 1. The highest BCUT2D eigenvalue weighted by Gasteiger charge is 2.41. The average molecular weight is 450 g/mol. The van der Waals surface area contributed by atoms with Crippen molar-refractivity contribution in [3.05, 3.63) is 54.6 Å². The lowest BCUT2D eigenvalue weighted by Crippen LogP contribution is -2.23. The van der Waals surface area contributed by atoms with Gasteiger partial charge in [-0.1, -0.05) is 6.07 Å². The Bertz CT molecular complexity index is 1280. The summed E-state index contributed by atoms with van der Waals surface area (Å²) in [5.41, 5.74) is 1.88. The SMILES string of the molecule is CS(=O)(=O)CC[C@H](c1ccc(-n2cc(-c3nc4ncccc4[nH]3)cn2)nc1)C(F)(F)F. The molecule has 0 radical (unpaired) electrons. The molecule has 0 unspecified atom stereocenters. The summed E-state index contributed by atoms with van der Waals surface area (Å²) in [6.07, 6.45) is 1.70. The van der Waals surface area contributed by atoms with E-state index in [0.717, 1.165) is 18.0 Å². The molecule has 0 saturated carbocycles. The predicted molar refractivity (Wildman–Crippen MR) is 107 cm³/mol. The van der Waals surface area contributed by atoms with Crippen LogP contribution in [-0.4, -0.2) is 56.3 Å². The maximum atomic E-state index is 13.4. The van der Waals surface area contributed by atoms with Gasteiger partial charge in [0.1, 0.15) is 15.7 Å². The number of nitrogens with zero attached hydrogens (tertiary/aromatic N) is 5. The van der Waals surface area contributed by atoms with E-state index in [9.17, 15) is 21.6 Å². The minimum absolute atomic E-state index is 0.101. The van der Waals surface area contributed by atoms with E-state index in [-0.39, 0.29) is 5.56 Å². The number of hydrogen-bond acceptors (Lipinski definition) is 6. The summed E-state index contributed by atoms with van der Waals surface area (Å²) in [5.74, 6) is -1.61. The van der Waals surface area contributed by atoms with Gasteiger partial charge in [0, 0.05) is 24.8 Å². The Morgan fingerprint density at radius 3 is 2.61 bits per heavy atom. The molecule has 4 rings (SSSR count). The first-order valence-electron chi connectivity index (χ1n) is 9.17. The molecule has 162 valence electrons. The Kier molecular flexibility index (Phi) is 5.25. The van der Waals surface area contributed by atoms with Gasteiger partial charge >= 0.3 is 6.18 Å². The van der Waals surface area contributed by atoms with Crippen LogP contribution >= 0.6 is 0 Å². The van der Waals surface area contributed by atoms with Crippen LogP contribution in [0.1, 0.15) is 17.9 Å². The van der Waals surface area contributed by atoms with Crippen LogP contribution in [0.3, 0.4) is 0 Å². The molecule has 0 bridgehead atoms. The quantitative estimate of drug-likeness (QED) is 0.483. The molecule has 1 N–H and O–H groups in total. The van der Waals surface area contributed by atoms with Crippen LogP contribution in [0.4, 0.5) is 13.2 Å². The number of imidazole rings is 1. The van der Waals surface area contributed by atoms with E-state index in [1.807, 2.05) is 6.07 Å². The standard InChI is InChI=1S/C19H17F3N6O2S/c1-31(29,30)8-6-14(19(20,21)22)12-4-5-16(24-9-12)28-11-13(10-25-28)17-26-15-3-2-7-23-18(15)27-17/h2-5,7,9-11,14H,6,8H2,1H3,(H,23,26,27)/t14-/m1/s1. The summed E-state index contributed by atoms with van der Waals surface area (Å²) in [4.78, 5) is 15.7. The van der Waals surface area contributed by atoms with E-state index < -0.39 is 34.1 Å². The molecule has 0 fully saturated rings. The van der Waals surface area contributed by atoms with Crippen LogP contribution in [-0.2, 0) is 9.84 Å². The van der Waals surface area contributed by atoms with Gasteiger partial charge in [-0.2, -0.15) is 18.3 Å². The maximum absolute atomic E-state index is 13.4. The number of hydrogen-bond donors (Lipinski definition) is 1. The first-order valence-corrected chi connectivity index (χ1v) is 11.2. The summed E-state index contributed by atoms with van der Waals surface area (Å²) in [5, 5.41) is 4.20. The van der Waals surface area contributed by atoms with Crippen molar-refractivity contribution < 1.29 is 21.6 Å². The molecule has 12 heteroatoms. The van der Waals surface area contributed by atoms with E-state index in [0.29, 0.717) is 22.9 Å². The summed E-state index contributed by atoms with van der Waals surface area (Å²) in [6, 6.07) is 6.31. The van der Waals surface area contributed by atoms with Crippen molar-refractivity contribution in [2.45, 2.75) is 18.5 Å². The molecule has 8 nitrogen and oxygen atoms in total. The van der Waals surface area contributed by atoms with Gasteiger partial charge in [0.25, 0.3) is 0 Å². The minimum Gasteiger partial charge on any atom is -0.336 e. The first kappa shape index (κ1) is 21.0. The first-order chi connectivity index (χ1) is 14.6. The van der Waals surface area contributed by atoms with E-state index in [1.165, 1.54) is 16.8 Å². The van der Waals surface area contributed by atoms with Gasteiger partial charge in [-0.3, -0.25) is 0 Å². The van der Waals surface area contributed by atoms with Crippen molar-refractivity contribution in [3.63, 3.8) is 0 Å². The molecule has 0 aliphatic heterocycles. The van der Waals surface area contributed by atoms with Crippen molar-refractivity contribution in [2.75, 3.05) is 12.0 Å². The Labute approximate surface area is 175 Å². The Hall–Kier alpha value is -3.28. The second-order valence-electron chi connectivity index (χ2n) is 7.10. The topological polar surface area (TPSA) is 106 Å². The number of aromatic nitrogens is 6. The molecular weight excluding hydrogens is 433 g/mol. The van der Waals surface area contributed by atoms with Crippen LogP contribution < -0.4 is 0 Å². The van der Waals surface area contributed by atoms with E-state index in [1.54, 1.807) is 24.7 Å². The number of H-pyrrole nitrogens is 1. The number of pyridine rings is 2. The fraction of sp³-hybridized carbons (Fsp3) is 0.263. The summed E-state index contributed by atoms with van der Waals surface area (Å²) >= 11 is 0. The summed E-state index contributed by atoms with van der Waals surface area (Å²) < 4.78 is 64.3. The fourth-order valence-corrected chi connectivity index (χ4v) is 3.81. The lowest BCUT2D eigenvalue weighted by Gasteiger charge is -2.20. The molecule has 0 amide bonds. The summed E-state index contributed by atoms with van der Waals surface area (Å²) in [6.45, 7) is 0. The third-order valence-electron chi connectivity index (χ3n) is 4.69. The Morgan fingerprint density at radius 2 is 1.97 bits per heavy atom. The lowest BCUT2D eigenvalue weighted by molar-refractivity contribution is -0.150. The molecule has 31 heavy (non-hydrogen) atoms. The van der Waals surface area contributed by atoms with Gasteiger partial charge in [0.2, 0.25) is 0 Å². The number of nitrogens with one attached hydrogen (secondary N) is 1. The van der Waals surface area contributed by atoms with Crippen molar-refractivity contribution in [2.24, 2.45) is 0 Å². The van der Waals surface area contributed by atoms with Gasteiger partial charge in [0.15, 0.2) is 11.5 Å². The zero-order valence-corrected chi connectivity index (χ0v) is 17.0. The van der Waals surface area contributed by atoms with E-state index in [2.05, 4.69) is 25.0 Å². The zero-order valence-electron chi connectivity index (χ0n) is 16.2. The number of alkyl halides is 3. The molecule has 4 aromatic rings. The second kappa shape index (κ2) is 7.76. The molecule has 0 spiro atoms. The number of rotatable bonds is 6. The smallest absolute Gasteiger partial charge is 0.336 e. The minimum atomic E-state index is -4.58. The fourth-order valence-electron chi connectivity index (χ4n) is 3.14. The predicted octanol–water partition coefficient (Wildman–Crippen LogP) is 3.29. The maximum Gasteiger partial charge on any atom is 0.395 e. The van der Waals surface area contributed by atoms with Gasteiger partial charge in [-0.05, 0) is 30.2 Å². The Balaban J connectivity index is 1.57. The average Bonchev–Trinajstić information content (AvgIpc) is 3.33. The number of sulfone groups is 1. The van der Waals surface area contributed by atoms with Crippen molar-refractivity contribution >= 4 is 21.0 Å². The zero-order chi connectivity index (χ0) is 22.2. The third-order valence-corrected chi connectivity index (χ3v) is 5.67. The molecular formula is C19H17F3N6O2S. The highest BCUT2D eigenvalue weighted by Crippen LogP contribution is 2.37. The van der Waals surface area contributed by atoms with Gasteiger partial charge in [-0.15, -0.1) is 0 Å². The normalized spacial score (nSPS) is 13.5. The molecule has 0 aromatic carbocycles. The number of fused-ring (bicyclic) bond motifs is 1. The molecule has 1 atom stereocenters. The van der Waals surface area contributed by atoms with Gasteiger partial charge in [0.05, 0.1) is 28.9 Å². The molecule has 0 aliphatic rings. The molecule has 4 aromatic heterocycles. The van der Waals surface area contributed by atoms with Crippen molar-refractivity contribution in [3.8, 4) is 17.2 Å². The van der Waals surface area contributed by atoms with Crippen LogP contribution in [0, 0.1) is 0 Å². The van der Waals surface area contributed by atoms with Crippen LogP contribution in [0.5, 0.6) is 0 Å². The van der Waals surface area contributed by atoms with Crippen LogP contribution in [0.15, 0.2) is 49.1 Å². The van der Waals surface area contributed by atoms with Gasteiger partial charge in [-0.25, -0.2) is 28.1 Å². The highest BCUT2D eigenvalue weighted by atomic mass is 32.2. The van der Waals surface area contributed by atoms with Crippen molar-refractivity contribution in [1.82, 2.24) is 29.7 Å². The third kappa shape index (κ3) is 4.74. The second-order valence-corrected chi connectivity index (χ2v) is 9.36. The van der Waals surface area contributed by atoms with Gasteiger partial charge < -0.3 is 4.98 Å². The largest absolute Gasteiger partial charge is 0.395 e. The molecule has 0 aliphatic carbocycles. The number of halogens is 3. The monoisotopic (exact) mass is 450 g/mol. The lowest BCUT2D eigenvalue weighted by atomic mass is 9.97.